The lowest BCUT2D eigenvalue weighted by atomic mass is 10.0. The molecule has 10 atom stereocenters. The summed E-state index contributed by atoms with van der Waals surface area (Å²) in [5.74, 6) is -0.442. The maximum Gasteiger partial charge on any atom is 0.338 e. The van der Waals surface area contributed by atoms with Crippen LogP contribution in [0.15, 0.2) is 72.8 Å². The molecule has 98 heavy (non-hydrogen) atoms. The van der Waals surface area contributed by atoms with Crippen LogP contribution >= 0.6 is 0 Å². The summed E-state index contributed by atoms with van der Waals surface area (Å²) in [7, 11) is 0. The molecule has 30 nitrogen and oxygen atoms in total. The van der Waals surface area contributed by atoms with Crippen LogP contribution in [0.1, 0.15) is 68.3 Å². The van der Waals surface area contributed by atoms with Crippen molar-refractivity contribution in [2.24, 2.45) is 0 Å². The number of amides is 2. The molecular formula is C68H102N2O28. The molecule has 5 rings (SSSR count). The highest BCUT2D eigenvalue weighted by Gasteiger charge is 2.43. The van der Waals surface area contributed by atoms with E-state index in [0.29, 0.717) is 122 Å². The Morgan fingerprint density at radius 2 is 0.796 bits per heavy atom. The lowest BCUT2D eigenvalue weighted by Gasteiger charge is -2.38. The monoisotopic (exact) mass is 1390 g/mol. The lowest BCUT2D eigenvalue weighted by Crippen LogP contribution is -2.57. The number of Topliss-reactive ketones (excluding diaryl/α,β-unsaturated/α-hetero) is 2. The van der Waals surface area contributed by atoms with E-state index in [2.05, 4.69) is 10.6 Å². The van der Waals surface area contributed by atoms with Gasteiger partial charge in [0.2, 0.25) is 11.8 Å². The summed E-state index contributed by atoms with van der Waals surface area (Å²) in [5.41, 5.74) is 2.40. The van der Waals surface area contributed by atoms with Crippen molar-refractivity contribution >= 4 is 29.4 Å². The number of hydrogen-bond donors (Lipinski definition) is 8. The second kappa shape index (κ2) is 50.5. The van der Waals surface area contributed by atoms with Gasteiger partial charge >= 0.3 is 5.97 Å². The van der Waals surface area contributed by atoms with Crippen LogP contribution in [0.25, 0.3) is 11.1 Å². The van der Waals surface area contributed by atoms with Gasteiger partial charge in [-0.1, -0.05) is 42.5 Å². The first-order valence-corrected chi connectivity index (χ1v) is 33.3. The van der Waals surface area contributed by atoms with Gasteiger partial charge in [0.1, 0.15) is 67.9 Å². The van der Waals surface area contributed by atoms with E-state index in [-0.39, 0.29) is 140 Å². The van der Waals surface area contributed by atoms with E-state index in [1.807, 2.05) is 30.3 Å². The third-order valence-electron chi connectivity index (χ3n) is 14.8. The topological polar surface area (TPSA) is 388 Å². The van der Waals surface area contributed by atoms with Crippen molar-refractivity contribution in [1.29, 1.82) is 0 Å². The van der Waals surface area contributed by atoms with E-state index in [0.717, 1.165) is 11.1 Å². The summed E-state index contributed by atoms with van der Waals surface area (Å²) in [4.78, 5) is 63.0. The Morgan fingerprint density at radius 3 is 1.24 bits per heavy atom. The van der Waals surface area contributed by atoms with Crippen molar-refractivity contribution in [3.63, 3.8) is 0 Å². The van der Waals surface area contributed by atoms with Gasteiger partial charge in [0.05, 0.1) is 150 Å². The minimum atomic E-state index is -1.38. The van der Waals surface area contributed by atoms with Crippen molar-refractivity contribution in [2.45, 2.75) is 120 Å². The maximum atomic E-state index is 13.4. The molecule has 2 amide bonds. The van der Waals surface area contributed by atoms with Crippen LogP contribution < -0.4 is 20.1 Å². The summed E-state index contributed by atoms with van der Waals surface area (Å²) in [6.07, 6.45) is -9.70. The summed E-state index contributed by atoms with van der Waals surface area (Å²) in [5, 5.41) is 64.6. The van der Waals surface area contributed by atoms with E-state index in [4.69, 9.17) is 80.5 Å². The number of carbonyl (C=O) groups is 5. The highest BCUT2D eigenvalue weighted by Crippen LogP contribution is 2.29. The molecule has 2 saturated heterocycles. The zero-order valence-corrected chi connectivity index (χ0v) is 56.2. The lowest BCUT2D eigenvalue weighted by molar-refractivity contribution is -0.294. The molecule has 0 aliphatic carbocycles. The van der Waals surface area contributed by atoms with Gasteiger partial charge in [0.25, 0.3) is 0 Å². The second-order valence-electron chi connectivity index (χ2n) is 22.6. The molecular weight excluding hydrogens is 1290 g/mol. The molecule has 3 aromatic rings. The quantitative estimate of drug-likeness (QED) is 0.0289. The first-order valence-electron chi connectivity index (χ1n) is 33.3. The molecule has 2 aliphatic heterocycles. The number of ketones is 2. The predicted octanol–water partition coefficient (Wildman–Crippen LogP) is 1.03. The minimum absolute atomic E-state index is 0.0617. The number of carbonyl (C=O) groups excluding carboxylic acids is 5. The minimum Gasteiger partial charge on any atom is -0.486 e. The summed E-state index contributed by atoms with van der Waals surface area (Å²) < 4.78 is 93.9. The smallest absolute Gasteiger partial charge is 0.338 e. The predicted molar refractivity (Wildman–Crippen MR) is 347 cm³/mol. The third kappa shape index (κ3) is 35.0. The van der Waals surface area contributed by atoms with Crippen molar-refractivity contribution in [2.75, 3.05) is 172 Å². The number of benzene rings is 3. The van der Waals surface area contributed by atoms with Gasteiger partial charge in [-0.3, -0.25) is 19.2 Å². The number of aliphatic hydroxyl groups is 6. The zero-order valence-electron chi connectivity index (χ0n) is 56.2. The molecule has 3 aromatic carbocycles. The van der Waals surface area contributed by atoms with Gasteiger partial charge in [0.15, 0.2) is 24.1 Å². The van der Waals surface area contributed by atoms with Crippen LogP contribution in [0.5, 0.6) is 11.5 Å². The number of rotatable bonds is 56. The molecule has 8 N–H and O–H groups in total. The number of esters is 1. The number of nitrogens with one attached hydrogen (secondary N) is 2. The fraction of sp³-hybridized carbons (Fsp3) is 0.662. The van der Waals surface area contributed by atoms with Gasteiger partial charge in [-0.2, -0.15) is 0 Å². The van der Waals surface area contributed by atoms with Gasteiger partial charge in [-0.25, -0.2) is 4.79 Å². The van der Waals surface area contributed by atoms with E-state index in [1.165, 1.54) is 6.07 Å². The Kier molecular flexibility index (Phi) is 42.7. The summed E-state index contributed by atoms with van der Waals surface area (Å²) in [6, 6.07) is 21.3. The normalized spacial score (nSPS) is 20.8. The van der Waals surface area contributed by atoms with Crippen LogP contribution in [0.3, 0.4) is 0 Å². The van der Waals surface area contributed by atoms with Crippen molar-refractivity contribution in [1.82, 2.24) is 10.6 Å². The molecule has 0 saturated carbocycles. The van der Waals surface area contributed by atoms with Gasteiger partial charge in [-0.05, 0) is 73.7 Å². The fourth-order valence-corrected chi connectivity index (χ4v) is 9.24. The largest absolute Gasteiger partial charge is 0.486 e. The molecule has 0 bridgehead atoms. The average molecular weight is 1400 g/mol. The molecule has 0 radical (unpaired) electrons. The van der Waals surface area contributed by atoms with Crippen LogP contribution in [0, 0.1) is 0 Å². The number of ether oxygens (including phenoxy) is 17. The van der Waals surface area contributed by atoms with Crippen molar-refractivity contribution in [3.05, 3.63) is 83.9 Å². The van der Waals surface area contributed by atoms with Crippen LogP contribution in [0.2, 0.25) is 0 Å². The molecule has 2 fully saturated rings. The molecule has 552 valence electrons. The SMILES string of the molecule is C[C@@H]1O[C@@H](OCCOCCNC(=O)CCOCCOCCOCCOCCCC(=O)COc2ccc(-c3cc(OCC(=O)CCCOCCOCCOCCOCCC(=O)NCCOCCO[C@@H]4O[C@@H](C)[C@H](O)[C@@H](O)[C@H]4O)cc(C(=O)OCc4ccccc4)c3)cc2)[C@H](O)[C@H](O)[C@H]1O. The van der Waals surface area contributed by atoms with Gasteiger partial charge < -0.3 is 122 Å². The van der Waals surface area contributed by atoms with Gasteiger partial charge in [-0.15, -0.1) is 0 Å². The van der Waals surface area contributed by atoms with Crippen molar-refractivity contribution in [3.8, 4) is 22.6 Å². The first kappa shape index (κ1) is 82.9. The molecule has 2 heterocycles. The maximum absolute atomic E-state index is 13.4. The van der Waals surface area contributed by atoms with Crippen molar-refractivity contribution < 1.29 is 135 Å². The van der Waals surface area contributed by atoms with Gasteiger partial charge in [0, 0.05) is 52.0 Å². The Hall–Kier alpha value is -5.79. The summed E-state index contributed by atoms with van der Waals surface area (Å²) >= 11 is 0. The second-order valence-corrected chi connectivity index (χ2v) is 22.6. The van der Waals surface area contributed by atoms with E-state index in [1.54, 1.807) is 50.2 Å². The first-order chi connectivity index (χ1) is 47.6. The summed E-state index contributed by atoms with van der Waals surface area (Å²) in [6.45, 7) is 9.60. The standard InChI is InChI=1S/C68H102N2O28/c1-48-60(75)62(77)64(79)67(97-48)92-40-38-86-24-18-69-58(73)16-22-84-28-32-90-36-34-88-30-26-82-20-6-10-54(71)46-94-56-14-12-51(13-15-56)52-42-53(66(81)96-45-50-8-4-3-5-9-50)44-57(43-52)95-47-55(72)11-7-21-83-27-31-89-35-37-91-33-29-85-23-17-59(74)70-19-25-87-39-41-93-68-65(80)63(78)61(76)49(2)98-68/h3-5,8-9,12-15,42-44,48-49,60-65,67-68,75-80H,6-7,10-11,16-41,45-47H2,1-2H3,(H,69,73)(H,70,74)/t48-,49-,60-,61-,62+,63+,64+,65+,67+,68+/m0/s1. The molecule has 0 spiro atoms. The van der Waals surface area contributed by atoms with E-state index < -0.39 is 67.4 Å². The van der Waals surface area contributed by atoms with Crippen LogP contribution in [-0.2, 0) is 96.8 Å². The van der Waals surface area contributed by atoms with Crippen LogP contribution in [-0.4, -0.2) is 293 Å². The number of hydrogen-bond acceptors (Lipinski definition) is 28. The molecule has 30 heteroatoms. The fourth-order valence-electron chi connectivity index (χ4n) is 9.24. The van der Waals surface area contributed by atoms with E-state index in [9.17, 15) is 54.6 Å². The Labute approximate surface area is 571 Å². The Balaban J connectivity index is 0.825. The highest BCUT2D eigenvalue weighted by molar-refractivity contribution is 5.92. The highest BCUT2D eigenvalue weighted by atomic mass is 16.7. The van der Waals surface area contributed by atoms with Crippen LogP contribution in [0.4, 0.5) is 0 Å². The molecule has 0 unspecified atom stereocenters. The average Bonchev–Trinajstić information content (AvgIpc) is 0.849. The molecule has 0 aromatic heterocycles. The Morgan fingerprint density at radius 1 is 0.398 bits per heavy atom. The third-order valence-corrected chi connectivity index (χ3v) is 14.8. The molecule has 2 aliphatic rings. The number of aliphatic hydroxyl groups excluding tert-OH is 6. The zero-order chi connectivity index (χ0) is 70.4. The Bertz CT molecular complexity index is 2650. The van der Waals surface area contributed by atoms with E-state index >= 15 is 0 Å².